The highest BCUT2D eigenvalue weighted by Crippen LogP contribution is 2.27. The topological polar surface area (TPSA) is 86.8 Å². The molecule has 0 aliphatic carbocycles. The molecule has 0 bridgehead atoms. The van der Waals surface area contributed by atoms with Crippen molar-refractivity contribution in [2.75, 3.05) is 17.1 Å². The Morgan fingerprint density at radius 3 is 2.03 bits per heavy atom. The van der Waals surface area contributed by atoms with Crippen LogP contribution in [0.2, 0.25) is 10.0 Å². The molecule has 0 saturated heterocycles. The average Bonchev–Trinajstić information content (AvgIpc) is 2.72. The summed E-state index contributed by atoms with van der Waals surface area (Å²) in [6.45, 7) is 6.78. The molecule has 0 radical (unpaired) electrons. The molecular weight excluding hydrogens is 497 g/mol. The van der Waals surface area contributed by atoms with Gasteiger partial charge in [-0.3, -0.25) is 13.9 Å². The van der Waals surface area contributed by atoms with E-state index in [-0.39, 0.29) is 12.5 Å². The number of hydrogen-bond acceptors (Lipinski definition) is 4. The number of nitrogens with one attached hydrogen (secondary N) is 1. The third kappa shape index (κ3) is 7.61. The number of nitrogens with zero attached hydrogens (tertiary/aromatic N) is 2. The monoisotopic (exact) mass is 527 g/mol. The molecule has 1 atom stereocenters. The van der Waals surface area contributed by atoms with Crippen LogP contribution in [0.5, 0.6) is 0 Å². The fraction of sp³-hybridized carbons (Fsp3) is 0.417. The summed E-state index contributed by atoms with van der Waals surface area (Å²) in [5.41, 5.74) is 0.303. The molecule has 0 saturated carbocycles. The molecule has 10 heteroatoms. The molecule has 0 aromatic heterocycles. The van der Waals surface area contributed by atoms with Crippen LogP contribution in [0.15, 0.2) is 48.5 Å². The van der Waals surface area contributed by atoms with E-state index in [9.17, 15) is 18.0 Å². The minimum absolute atomic E-state index is 0.0558. The molecule has 0 aliphatic rings. The van der Waals surface area contributed by atoms with Crippen LogP contribution >= 0.6 is 23.2 Å². The van der Waals surface area contributed by atoms with Gasteiger partial charge in [-0.15, -0.1) is 0 Å². The summed E-state index contributed by atoms with van der Waals surface area (Å²) in [5.74, 6) is -0.904. The summed E-state index contributed by atoms with van der Waals surface area (Å²) in [4.78, 5) is 28.1. The van der Waals surface area contributed by atoms with E-state index < -0.39 is 34.1 Å². The van der Waals surface area contributed by atoms with Gasteiger partial charge in [-0.2, -0.15) is 0 Å². The van der Waals surface area contributed by atoms with Crippen molar-refractivity contribution in [1.82, 2.24) is 10.2 Å². The van der Waals surface area contributed by atoms with Crippen molar-refractivity contribution in [3.63, 3.8) is 0 Å². The predicted octanol–water partition coefficient (Wildman–Crippen LogP) is 4.48. The second kappa shape index (κ2) is 11.4. The van der Waals surface area contributed by atoms with Crippen LogP contribution in [0, 0.1) is 0 Å². The summed E-state index contributed by atoms with van der Waals surface area (Å²) in [6, 6.07) is 12.4. The van der Waals surface area contributed by atoms with Gasteiger partial charge in [0.15, 0.2) is 0 Å². The molecule has 0 aliphatic heterocycles. The molecule has 2 aromatic rings. The Bertz CT molecular complexity index is 1100. The summed E-state index contributed by atoms with van der Waals surface area (Å²) in [5, 5.41) is 3.60. The fourth-order valence-corrected chi connectivity index (χ4v) is 4.80. The highest BCUT2D eigenvalue weighted by molar-refractivity contribution is 7.92. The molecule has 2 aromatic carbocycles. The third-order valence-electron chi connectivity index (χ3n) is 5.00. The molecule has 7 nitrogen and oxygen atoms in total. The largest absolute Gasteiger partial charge is 0.350 e. The van der Waals surface area contributed by atoms with E-state index in [2.05, 4.69) is 5.32 Å². The maximum Gasteiger partial charge on any atom is 0.244 e. The zero-order valence-corrected chi connectivity index (χ0v) is 22.3. The highest BCUT2D eigenvalue weighted by atomic mass is 35.5. The van der Waals surface area contributed by atoms with Gasteiger partial charge in [0.1, 0.15) is 12.6 Å². The van der Waals surface area contributed by atoms with E-state index in [4.69, 9.17) is 23.2 Å². The predicted molar refractivity (Wildman–Crippen MR) is 138 cm³/mol. The van der Waals surface area contributed by atoms with Gasteiger partial charge in [-0.05, 0) is 51.5 Å². The van der Waals surface area contributed by atoms with Gasteiger partial charge in [0.2, 0.25) is 21.8 Å². The van der Waals surface area contributed by atoms with Gasteiger partial charge in [0.05, 0.1) is 11.9 Å². The van der Waals surface area contributed by atoms with Crippen molar-refractivity contribution in [2.24, 2.45) is 0 Å². The lowest BCUT2D eigenvalue weighted by Gasteiger charge is -2.34. The molecule has 2 rings (SSSR count). The molecule has 0 heterocycles. The summed E-state index contributed by atoms with van der Waals surface area (Å²) in [6.07, 6.45) is 1.34. The van der Waals surface area contributed by atoms with Crippen LogP contribution in [0.25, 0.3) is 0 Å². The molecular formula is C24H31Cl2N3O4S. The number of anilines is 1. The van der Waals surface area contributed by atoms with Crippen molar-refractivity contribution in [3.05, 3.63) is 64.1 Å². The normalized spacial score (nSPS) is 12.7. The number of hydrogen-bond donors (Lipinski definition) is 1. The minimum Gasteiger partial charge on any atom is -0.350 e. The first kappa shape index (κ1) is 28.0. The molecule has 2 amide bonds. The number of benzene rings is 2. The Kier molecular flexibility index (Phi) is 9.39. The minimum atomic E-state index is -3.78. The van der Waals surface area contributed by atoms with E-state index >= 15 is 0 Å². The van der Waals surface area contributed by atoms with E-state index in [1.807, 2.05) is 20.8 Å². The number of halogens is 2. The van der Waals surface area contributed by atoms with Crippen molar-refractivity contribution in [1.29, 1.82) is 0 Å². The van der Waals surface area contributed by atoms with Crippen LogP contribution < -0.4 is 9.62 Å². The Morgan fingerprint density at radius 2 is 1.56 bits per heavy atom. The lowest BCUT2D eigenvalue weighted by molar-refractivity contribution is -0.141. The zero-order chi connectivity index (χ0) is 25.7. The maximum absolute atomic E-state index is 13.6. The van der Waals surface area contributed by atoms with Crippen LogP contribution in [-0.4, -0.2) is 49.5 Å². The van der Waals surface area contributed by atoms with E-state index in [0.29, 0.717) is 27.7 Å². The van der Waals surface area contributed by atoms with E-state index in [0.717, 1.165) is 10.6 Å². The molecule has 0 unspecified atom stereocenters. The van der Waals surface area contributed by atoms with Crippen molar-refractivity contribution in [2.45, 2.75) is 52.2 Å². The lowest BCUT2D eigenvalue weighted by atomic mass is 10.1. The lowest BCUT2D eigenvalue weighted by Crippen LogP contribution is -2.55. The molecule has 186 valence electrons. The van der Waals surface area contributed by atoms with Crippen LogP contribution in [0.3, 0.4) is 0 Å². The Labute approximate surface area is 212 Å². The first-order chi connectivity index (χ1) is 15.7. The van der Waals surface area contributed by atoms with Crippen LogP contribution in [0.4, 0.5) is 5.69 Å². The number of sulfonamides is 1. The van der Waals surface area contributed by atoms with Gasteiger partial charge in [-0.1, -0.05) is 54.4 Å². The van der Waals surface area contributed by atoms with Crippen molar-refractivity contribution in [3.8, 4) is 0 Å². The SMILES string of the molecule is CC[C@H](C(=O)NC(C)(C)C)N(Cc1c(Cl)cccc1Cl)C(=O)CN(c1ccccc1)S(C)(=O)=O. The molecule has 0 fully saturated rings. The van der Waals surface area contributed by atoms with Crippen molar-refractivity contribution < 1.29 is 18.0 Å². The quantitative estimate of drug-likeness (QED) is 0.520. The second-order valence-corrected chi connectivity index (χ2v) is 11.7. The smallest absolute Gasteiger partial charge is 0.244 e. The van der Waals surface area contributed by atoms with Gasteiger partial charge >= 0.3 is 0 Å². The first-order valence-electron chi connectivity index (χ1n) is 10.8. The van der Waals surface area contributed by atoms with Gasteiger partial charge in [0.25, 0.3) is 0 Å². The van der Waals surface area contributed by atoms with Gasteiger partial charge in [0, 0.05) is 27.7 Å². The number of carbonyl (C=O) groups is 2. The van der Waals surface area contributed by atoms with Gasteiger partial charge in [-0.25, -0.2) is 8.42 Å². The van der Waals surface area contributed by atoms with Crippen LogP contribution in [-0.2, 0) is 26.2 Å². The van der Waals surface area contributed by atoms with Crippen molar-refractivity contribution >= 4 is 50.7 Å². The number of carbonyl (C=O) groups excluding carboxylic acids is 2. The number of amides is 2. The molecule has 0 spiro atoms. The second-order valence-electron chi connectivity index (χ2n) is 8.99. The standard InChI is InChI=1S/C24H31Cl2N3O4S/c1-6-21(23(31)27-24(2,3)4)28(15-18-19(25)13-10-14-20(18)26)22(30)16-29(34(5,32)33)17-11-8-7-9-12-17/h7-14,21H,6,15-16H2,1-5H3,(H,27,31)/t21-/m1/s1. The highest BCUT2D eigenvalue weighted by Gasteiger charge is 2.33. The van der Waals surface area contributed by atoms with E-state index in [1.54, 1.807) is 55.5 Å². The summed E-state index contributed by atoms with van der Waals surface area (Å²) in [7, 11) is -3.78. The fourth-order valence-electron chi connectivity index (χ4n) is 3.43. The summed E-state index contributed by atoms with van der Waals surface area (Å²) >= 11 is 12.7. The maximum atomic E-state index is 13.6. The van der Waals surface area contributed by atoms with Gasteiger partial charge < -0.3 is 10.2 Å². The molecule has 34 heavy (non-hydrogen) atoms. The van der Waals surface area contributed by atoms with Crippen LogP contribution in [0.1, 0.15) is 39.7 Å². The summed E-state index contributed by atoms with van der Waals surface area (Å²) < 4.78 is 26.1. The Morgan fingerprint density at radius 1 is 1.00 bits per heavy atom. The third-order valence-corrected chi connectivity index (χ3v) is 6.85. The van der Waals surface area contributed by atoms with E-state index in [1.165, 1.54) is 4.90 Å². The first-order valence-corrected chi connectivity index (χ1v) is 13.4. The zero-order valence-electron chi connectivity index (χ0n) is 20.0. The number of para-hydroxylation sites is 1. The number of rotatable bonds is 9. The Hall–Kier alpha value is -2.29. The average molecular weight is 529 g/mol. The molecule has 1 N–H and O–H groups in total. The Balaban J connectivity index is 2.50.